The summed E-state index contributed by atoms with van der Waals surface area (Å²) in [5, 5.41) is 1.34. The summed E-state index contributed by atoms with van der Waals surface area (Å²) < 4.78 is 2.31. The van der Waals surface area contributed by atoms with Gasteiger partial charge in [0.15, 0.2) is 0 Å². The van der Waals surface area contributed by atoms with Crippen molar-refractivity contribution in [2.24, 2.45) is 0 Å². The second kappa shape index (κ2) is 7.79. The van der Waals surface area contributed by atoms with Gasteiger partial charge in [-0.2, -0.15) is 0 Å². The second-order valence-electron chi connectivity index (χ2n) is 3.90. The summed E-state index contributed by atoms with van der Waals surface area (Å²) in [6.45, 7) is 8.85. The fourth-order valence-electron chi connectivity index (χ4n) is 0.979. The predicted octanol–water partition coefficient (Wildman–Crippen LogP) is -0.900. The lowest BCUT2D eigenvalue weighted by molar-refractivity contribution is -0.531. The molecule has 0 rings (SSSR count). The highest BCUT2D eigenvalue weighted by molar-refractivity contribution is 8.12. The molecule has 0 saturated carbocycles. The van der Waals surface area contributed by atoms with E-state index in [1.54, 1.807) is 0 Å². The van der Waals surface area contributed by atoms with E-state index in [1.165, 1.54) is 5.17 Å². The first-order valence-electron chi connectivity index (χ1n) is 4.78. The minimum Gasteiger partial charge on any atom is -1.00 e. The molecule has 0 aromatic heterocycles. The van der Waals surface area contributed by atoms with Crippen molar-refractivity contribution in [2.45, 2.75) is 39.8 Å². The fourth-order valence-corrected chi connectivity index (χ4v) is 1.98. The molecule has 0 unspecified atom stereocenters. The summed E-state index contributed by atoms with van der Waals surface area (Å²) in [5.41, 5.74) is 0. The number of rotatable bonds is 2. The summed E-state index contributed by atoms with van der Waals surface area (Å²) in [5.74, 6) is 0. The van der Waals surface area contributed by atoms with E-state index in [2.05, 4.69) is 57.5 Å². The Kier molecular flexibility index (Phi) is 9.44. The van der Waals surface area contributed by atoms with Crippen LogP contribution in [0.2, 0.25) is 0 Å². The quantitative estimate of drug-likeness (QED) is 0.280. The highest BCUT2D eigenvalue weighted by atomic mass is 127. The average molecular weight is 330 g/mol. The Labute approximate surface area is 110 Å². The van der Waals surface area contributed by atoms with E-state index in [1.807, 2.05) is 11.8 Å². The van der Waals surface area contributed by atoms with E-state index < -0.39 is 0 Å². The van der Waals surface area contributed by atoms with Crippen LogP contribution in [0.3, 0.4) is 0 Å². The normalized spacial score (nSPS) is 12.6. The van der Waals surface area contributed by atoms with Gasteiger partial charge in [0, 0.05) is 0 Å². The average Bonchev–Trinajstić information content (AvgIpc) is 2.04. The molecular weight excluding hydrogens is 307 g/mol. The third kappa shape index (κ3) is 4.87. The van der Waals surface area contributed by atoms with Crippen LogP contribution in [0, 0.1) is 0 Å². The van der Waals surface area contributed by atoms with Crippen molar-refractivity contribution in [3.63, 3.8) is 0 Å². The molecular formula is C10H23IN2S. The van der Waals surface area contributed by atoms with Crippen LogP contribution in [0.15, 0.2) is 0 Å². The third-order valence-electron chi connectivity index (χ3n) is 2.34. The van der Waals surface area contributed by atoms with Crippen molar-refractivity contribution < 1.29 is 28.6 Å². The van der Waals surface area contributed by atoms with Gasteiger partial charge in [-0.1, -0.05) is 0 Å². The maximum absolute atomic E-state index is 2.31. The molecule has 14 heavy (non-hydrogen) atoms. The Morgan fingerprint density at radius 3 is 1.86 bits per heavy atom. The summed E-state index contributed by atoms with van der Waals surface area (Å²) in [7, 11) is 4.30. The minimum absolute atomic E-state index is 0. The molecule has 0 fully saturated rings. The molecule has 0 bridgehead atoms. The van der Waals surface area contributed by atoms with Gasteiger partial charge in [0.2, 0.25) is 0 Å². The second-order valence-corrected chi connectivity index (χ2v) is 4.67. The van der Waals surface area contributed by atoms with E-state index >= 15 is 0 Å². The largest absolute Gasteiger partial charge is 1.00 e. The first kappa shape index (κ1) is 17.0. The molecule has 86 valence electrons. The lowest BCUT2D eigenvalue weighted by Crippen LogP contribution is -3.00. The van der Waals surface area contributed by atoms with E-state index in [9.17, 15) is 0 Å². The molecule has 0 aliphatic rings. The van der Waals surface area contributed by atoms with Crippen LogP contribution in [0.25, 0.3) is 0 Å². The number of hydrogen-bond donors (Lipinski definition) is 0. The van der Waals surface area contributed by atoms with Gasteiger partial charge in [-0.25, -0.2) is 0 Å². The summed E-state index contributed by atoms with van der Waals surface area (Å²) in [6, 6.07) is 1.12. The zero-order valence-corrected chi connectivity index (χ0v) is 13.3. The lowest BCUT2D eigenvalue weighted by Gasteiger charge is -2.20. The van der Waals surface area contributed by atoms with Gasteiger partial charge in [0.25, 0.3) is 0 Å². The molecule has 0 aromatic carbocycles. The monoisotopic (exact) mass is 330 g/mol. The van der Waals surface area contributed by atoms with Gasteiger partial charge < -0.3 is 24.0 Å². The predicted molar refractivity (Wildman–Crippen MR) is 62.7 cm³/mol. The summed E-state index contributed by atoms with van der Waals surface area (Å²) >= 11 is 1.81. The molecule has 0 aliphatic carbocycles. The van der Waals surface area contributed by atoms with Crippen molar-refractivity contribution in [3.05, 3.63) is 0 Å². The first-order valence-corrected chi connectivity index (χ1v) is 6.00. The highest BCUT2D eigenvalue weighted by Crippen LogP contribution is 2.07. The van der Waals surface area contributed by atoms with E-state index in [0.29, 0.717) is 12.1 Å². The zero-order chi connectivity index (χ0) is 10.6. The number of amidine groups is 1. The van der Waals surface area contributed by atoms with Crippen LogP contribution in [0.1, 0.15) is 27.7 Å². The lowest BCUT2D eigenvalue weighted by atomic mass is 10.3. The zero-order valence-electron chi connectivity index (χ0n) is 10.3. The van der Waals surface area contributed by atoms with Crippen LogP contribution >= 0.6 is 11.8 Å². The molecule has 0 N–H and O–H groups in total. The highest BCUT2D eigenvalue weighted by Gasteiger charge is 2.20. The van der Waals surface area contributed by atoms with Crippen molar-refractivity contribution >= 4 is 16.9 Å². The molecule has 0 saturated heterocycles. The molecule has 0 radical (unpaired) electrons. The Hall–Kier alpha value is 0.550. The summed E-state index contributed by atoms with van der Waals surface area (Å²) in [4.78, 5) is 2.31. The van der Waals surface area contributed by atoms with E-state index in [-0.39, 0.29) is 24.0 Å². The van der Waals surface area contributed by atoms with Crippen LogP contribution < -0.4 is 24.0 Å². The van der Waals surface area contributed by atoms with Crippen molar-refractivity contribution in [2.75, 3.05) is 20.4 Å². The Bertz CT molecular complexity index is 191. The smallest absolute Gasteiger partial charge is 0.308 e. The molecule has 0 spiro atoms. The Morgan fingerprint density at radius 2 is 1.64 bits per heavy atom. The van der Waals surface area contributed by atoms with Gasteiger partial charge in [0.1, 0.15) is 0 Å². The van der Waals surface area contributed by atoms with Crippen LogP contribution in [-0.2, 0) is 0 Å². The fraction of sp³-hybridized carbons (Fsp3) is 0.900. The van der Waals surface area contributed by atoms with Gasteiger partial charge in [0.05, 0.1) is 26.2 Å². The Morgan fingerprint density at radius 1 is 1.21 bits per heavy atom. The standard InChI is InChI=1S/C10H23N2S.HI/c1-8(2)11(5)10(13-7)12(6)9(3)4;/h8-9H,1-7H3;1H/q+1;/p-1. The molecule has 4 heteroatoms. The topological polar surface area (TPSA) is 6.25 Å². The van der Waals surface area contributed by atoms with Crippen molar-refractivity contribution in [3.8, 4) is 0 Å². The van der Waals surface area contributed by atoms with E-state index in [4.69, 9.17) is 0 Å². The van der Waals surface area contributed by atoms with Gasteiger partial charge >= 0.3 is 5.17 Å². The number of halogens is 1. The van der Waals surface area contributed by atoms with Crippen LogP contribution in [0.4, 0.5) is 0 Å². The first-order chi connectivity index (χ1) is 5.91. The van der Waals surface area contributed by atoms with Crippen LogP contribution in [0.5, 0.6) is 0 Å². The third-order valence-corrected chi connectivity index (χ3v) is 3.28. The SMILES string of the molecule is CSC(N(C)C(C)C)=[N+](C)C(C)C.[I-]. The molecule has 0 amide bonds. The molecule has 0 aliphatic heterocycles. The number of hydrogen-bond acceptors (Lipinski definition) is 1. The minimum atomic E-state index is 0. The van der Waals surface area contributed by atoms with Crippen LogP contribution in [-0.4, -0.2) is 47.1 Å². The van der Waals surface area contributed by atoms with Gasteiger partial charge in [-0.3, -0.25) is 9.48 Å². The van der Waals surface area contributed by atoms with Crippen molar-refractivity contribution in [1.29, 1.82) is 0 Å². The maximum atomic E-state index is 2.31. The van der Waals surface area contributed by atoms with Gasteiger partial charge in [-0.05, 0) is 45.7 Å². The molecule has 2 nitrogen and oxygen atoms in total. The summed E-state index contributed by atoms with van der Waals surface area (Å²) in [6.07, 6.45) is 2.13. The Balaban J connectivity index is 0. The van der Waals surface area contributed by atoms with E-state index in [0.717, 1.165) is 0 Å². The maximum Gasteiger partial charge on any atom is 0.308 e. The number of nitrogens with zero attached hydrogens (tertiary/aromatic N) is 2. The van der Waals surface area contributed by atoms with Gasteiger partial charge in [-0.15, -0.1) is 0 Å². The molecule has 0 atom stereocenters. The number of thioether (sulfide) groups is 1. The molecule has 0 aromatic rings. The van der Waals surface area contributed by atoms with Crippen molar-refractivity contribution in [1.82, 2.24) is 4.90 Å². The molecule has 0 heterocycles.